The highest BCUT2D eigenvalue weighted by Gasteiger charge is 2.11. The Morgan fingerprint density at radius 2 is 1.66 bits per heavy atom. The minimum Gasteiger partial charge on any atom is -0.494 e. The van der Waals surface area contributed by atoms with E-state index in [0.717, 1.165) is 54.5 Å². The smallest absolute Gasteiger partial charge is 0.119 e. The zero-order chi connectivity index (χ0) is 20.1. The molecule has 3 nitrogen and oxygen atoms in total. The van der Waals surface area contributed by atoms with Crippen molar-refractivity contribution in [2.75, 3.05) is 6.61 Å². The number of imidazole rings is 1. The minimum absolute atomic E-state index is 0.724. The molecule has 0 bridgehead atoms. The summed E-state index contributed by atoms with van der Waals surface area (Å²) in [6.07, 6.45) is 2.84. The van der Waals surface area contributed by atoms with Gasteiger partial charge in [-0.25, -0.2) is 4.98 Å². The van der Waals surface area contributed by atoms with Gasteiger partial charge in [-0.1, -0.05) is 53.6 Å². The summed E-state index contributed by atoms with van der Waals surface area (Å²) in [7, 11) is 0. The Hall–Kier alpha value is -2.78. The van der Waals surface area contributed by atoms with Gasteiger partial charge in [0, 0.05) is 18.0 Å². The maximum atomic E-state index is 6.03. The van der Waals surface area contributed by atoms with Crippen molar-refractivity contribution in [3.63, 3.8) is 0 Å². The fourth-order valence-electron chi connectivity index (χ4n) is 3.49. The fraction of sp³-hybridized carbons (Fsp3) is 0.240. The molecule has 4 aromatic rings. The van der Waals surface area contributed by atoms with Crippen LogP contribution in [0.1, 0.15) is 29.8 Å². The summed E-state index contributed by atoms with van der Waals surface area (Å²) in [4.78, 5) is 4.88. The second kappa shape index (κ2) is 9.15. The third-order valence-electron chi connectivity index (χ3n) is 5.07. The van der Waals surface area contributed by atoms with Crippen molar-refractivity contribution < 1.29 is 4.74 Å². The Bertz CT molecular complexity index is 1070. The van der Waals surface area contributed by atoms with Gasteiger partial charge in [-0.2, -0.15) is 0 Å². The SMILES string of the molecule is Cc1ccc(OCCCCn2c(Cc3ccc(Cl)cc3)nc3ccccc32)cc1. The standard InChI is InChI=1S/C25H25ClN2O/c1-19-8-14-22(15-9-19)29-17-5-4-16-28-24-7-3-2-6-23(24)27-25(28)18-20-10-12-21(26)13-11-20/h2-3,6-15H,4-5,16-18H2,1H3. The van der Waals surface area contributed by atoms with Crippen LogP contribution in [0, 0.1) is 6.92 Å². The van der Waals surface area contributed by atoms with Gasteiger partial charge in [0.2, 0.25) is 0 Å². The molecule has 148 valence electrons. The van der Waals surface area contributed by atoms with Crippen molar-refractivity contribution in [2.45, 2.75) is 32.7 Å². The van der Waals surface area contributed by atoms with E-state index in [1.54, 1.807) is 0 Å². The molecule has 0 saturated carbocycles. The predicted molar refractivity (Wildman–Crippen MR) is 120 cm³/mol. The first-order chi connectivity index (χ1) is 14.2. The quantitative estimate of drug-likeness (QED) is 0.315. The predicted octanol–water partition coefficient (Wildman–Crippen LogP) is 6.45. The molecular formula is C25H25ClN2O. The number of nitrogens with zero attached hydrogens (tertiary/aromatic N) is 2. The lowest BCUT2D eigenvalue weighted by molar-refractivity contribution is 0.303. The zero-order valence-corrected chi connectivity index (χ0v) is 17.4. The molecule has 1 aromatic heterocycles. The van der Waals surface area contributed by atoms with Crippen molar-refractivity contribution in [3.05, 3.63) is 94.8 Å². The molecule has 0 saturated heterocycles. The van der Waals surface area contributed by atoms with Gasteiger partial charge in [-0.15, -0.1) is 0 Å². The van der Waals surface area contributed by atoms with Crippen molar-refractivity contribution in [1.82, 2.24) is 9.55 Å². The lowest BCUT2D eigenvalue weighted by Crippen LogP contribution is -2.07. The summed E-state index contributed by atoms with van der Waals surface area (Å²) in [6, 6.07) is 24.6. The van der Waals surface area contributed by atoms with Crippen LogP contribution < -0.4 is 4.74 Å². The Kier molecular flexibility index (Phi) is 6.16. The van der Waals surface area contributed by atoms with Crippen LogP contribution >= 0.6 is 11.6 Å². The number of benzene rings is 3. The van der Waals surface area contributed by atoms with Crippen molar-refractivity contribution in [3.8, 4) is 5.75 Å². The highest BCUT2D eigenvalue weighted by Crippen LogP contribution is 2.20. The van der Waals surface area contributed by atoms with E-state index in [4.69, 9.17) is 21.3 Å². The molecule has 0 atom stereocenters. The summed E-state index contributed by atoms with van der Waals surface area (Å²) >= 11 is 6.03. The Labute approximate surface area is 176 Å². The second-order valence-electron chi connectivity index (χ2n) is 7.34. The Morgan fingerprint density at radius 1 is 0.897 bits per heavy atom. The first kappa shape index (κ1) is 19.5. The van der Waals surface area contributed by atoms with E-state index in [1.807, 2.05) is 30.3 Å². The highest BCUT2D eigenvalue weighted by atomic mass is 35.5. The van der Waals surface area contributed by atoms with Gasteiger partial charge in [0.25, 0.3) is 0 Å². The molecule has 0 aliphatic carbocycles. The van der Waals surface area contributed by atoms with Crippen molar-refractivity contribution >= 4 is 22.6 Å². The molecule has 0 fully saturated rings. The average molecular weight is 405 g/mol. The van der Waals surface area contributed by atoms with E-state index in [0.29, 0.717) is 0 Å². The molecule has 3 aromatic carbocycles. The van der Waals surface area contributed by atoms with Gasteiger partial charge < -0.3 is 9.30 Å². The summed E-state index contributed by atoms with van der Waals surface area (Å²) in [5.74, 6) is 2.03. The summed E-state index contributed by atoms with van der Waals surface area (Å²) < 4.78 is 8.21. The first-order valence-corrected chi connectivity index (χ1v) is 10.4. The van der Waals surface area contributed by atoms with Crippen LogP contribution in [0.5, 0.6) is 5.75 Å². The third kappa shape index (κ3) is 4.99. The van der Waals surface area contributed by atoms with E-state index >= 15 is 0 Å². The number of hydrogen-bond donors (Lipinski definition) is 0. The minimum atomic E-state index is 0.724. The Morgan fingerprint density at radius 3 is 2.45 bits per heavy atom. The second-order valence-corrected chi connectivity index (χ2v) is 7.78. The van der Waals surface area contributed by atoms with E-state index in [-0.39, 0.29) is 0 Å². The molecule has 29 heavy (non-hydrogen) atoms. The number of aromatic nitrogens is 2. The molecule has 0 radical (unpaired) electrons. The van der Waals surface area contributed by atoms with Gasteiger partial charge in [-0.3, -0.25) is 0 Å². The van der Waals surface area contributed by atoms with E-state index < -0.39 is 0 Å². The van der Waals surface area contributed by atoms with Crippen LogP contribution in [0.2, 0.25) is 5.02 Å². The summed E-state index contributed by atoms with van der Waals surface area (Å²) in [5.41, 5.74) is 4.70. The number of fused-ring (bicyclic) bond motifs is 1. The first-order valence-electron chi connectivity index (χ1n) is 10.1. The fourth-order valence-corrected chi connectivity index (χ4v) is 3.62. The number of hydrogen-bond acceptors (Lipinski definition) is 2. The Balaban J connectivity index is 1.41. The molecular weight excluding hydrogens is 380 g/mol. The lowest BCUT2D eigenvalue weighted by Gasteiger charge is -2.10. The number of para-hydroxylation sites is 2. The molecule has 0 aliphatic rings. The summed E-state index contributed by atoms with van der Waals surface area (Å²) in [5, 5.41) is 0.760. The van der Waals surface area contributed by atoms with Crippen LogP contribution in [0.25, 0.3) is 11.0 Å². The molecule has 0 unspecified atom stereocenters. The number of rotatable bonds is 8. The van der Waals surface area contributed by atoms with E-state index in [2.05, 4.69) is 54.0 Å². The van der Waals surface area contributed by atoms with Crippen LogP contribution in [-0.2, 0) is 13.0 Å². The third-order valence-corrected chi connectivity index (χ3v) is 5.33. The molecule has 0 spiro atoms. The van der Waals surface area contributed by atoms with Crippen LogP contribution in [0.3, 0.4) is 0 Å². The van der Waals surface area contributed by atoms with Gasteiger partial charge in [-0.05, 0) is 61.7 Å². The highest BCUT2D eigenvalue weighted by molar-refractivity contribution is 6.30. The van der Waals surface area contributed by atoms with E-state index in [9.17, 15) is 0 Å². The van der Waals surface area contributed by atoms with Gasteiger partial charge in [0.05, 0.1) is 17.6 Å². The van der Waals surface area contributed by atoms with Crippen LogP contribution in [0.15, 0.2) is 72.8 Å². The molecule has 1 heterocycles. The molecule has 4 heteroatoms. The number of aryl methyl sites for hydroxylation is 2. The van der Waals surface area contributed by atoms with Gasteiger partial charge >= 0.3 is 0 Å². The van der Waals surface area contributed by atoms with Crippen LogP contribution in [0.4, 0.5) is 0 Å². The largest absolute Gasteiger partial charge is 0.494 e. The van der Waals surface area contributed by atoms with Crippen LogP contribution in [-0.4, -0.2) is 16.2 Å². The molecule has 0 aliphatic heterocycles. The van der Waals surface area contributed by atoms with Crippen molar-refractivity contribution in [2.24, 2.45) is 0 Å². The van der Waals surface area contributed by atoms with Gasteiger partial charge in [0.15, 0.2) is 0 Å². The summed E-state index contributed by atoms with van der Waals surface area (Å²) in [6.45, 7) is 3.74. The van der Waals surface area contributed by atoms with E-state index in [1.165, 1.54) is 16.6 Å². The monoisotopic (exact) mass is 404 g/mol. The maximum absolute atomic E-state index is 6.03. The molecule has 4 rings (SSSR count). The molecule has 0 amide bonds. The zero-order valence-electron chi connectivity index (χ0n) is 16.6. The normalized spacial score (nSPS) is 11.1. The van der Waals surface area contributed by atoms with Crippen molar-refractivity contribution in [1.29, 1.82) is 0 Å². The van der Waals surface area contributed by atoms with Gasteiger partial charge in [0.1, 0.15) is 11.6 Å². The molecule has 0 N–H and O–H groups in total. The lowest BCUT2D eigenvalue weighted by atomic mass is 10.1. The number of ether oxygens (including phenoxy) is 1. The topological polar surface area (TPSA) is 27.1 Å². The number of halogens is 1. The maximum Gasteiger partial charge on any atom is 0.119 e. The average Bonchev–Trinajstić information content (AvgIpc) is 3.08. The number of unbranched alkanes of at least 4 members (excludes halogenated alkanes) is 1.